The van der Waals surface area contributed by atoms with Gasteiger partial charge in [-0.15, -0.1) is 0 Å². The molecule has 1 heterocycles. The molecule has 1 aromatic carbocycles. The molecule has 0 atom stereocenters. The number of benzene rings is 1. The van der Waals surface area contributed by atoms with Crippen molar-refractivity contribution in [2.75, 3.05) is 12.8 Å². The predicted octanol–water partition coefficient (Wildman–Crippen LogP) is 2.87. The van der Waals surface area contributed by atoms with Gasteiger partial charge in [0.2, 0.25) is 0 Å². The van der Waals surface area contributed by atoms with Crippen LogP contribution in [0.2, 0.25) is 5.02 Å². The number of carbonyl (C=O) groups excluding carboxylic acids is 1. The van der Waals surface area contributed by atoms with Crippen LogP contribution < -0.4 is 5.73 Å². The van der Waals surface area contributed by atoms with Gasteiger partial charge >= 0.3 is 0 Å². The Morgan fingerprint density at radius 2 is 2.05 bits per heavy atom. The zero-order valence-corrected chi connectivity index (χ0v) is 12.9. The van der Waals surface area contributed by atoms with Crippen molar-refractivity contribution >= 4 is 23.2 Å². The average molecular weight is 307 g/mol. The molecule has 0 aliphatic heterocycles. The normalized spacial score (nSPS) is 10.6. The number of rotatable bonds is 5. The fourth-order valence-electron chi connectivity index (χ4n) is 2.11. The van der Waals surface area contributed by atoms with Crippen molar-refractivity contribution in [3.05, 3.63) is 46.2 Å². The van der Waals surface area contributed by atoms with E-state index in [9.17, 15) is 4.79 Å². The van der Waals surface area contributed by atoms with Gasteiger partial charge in [0.05, 0.1) is 11.4 Å². The maximum atomic E-state index is 12.4. The van der Waals surface area contributed by atoms with Crippen LogP contribution in [0.25, 0.3) is 0 Å². The fraction of sp³-hybridized carbons (Fsp3) is 0.333. The monoisotopic (exact) mass is 306 g/mol. The average Bonchev–Trinajstić information content (AvgIpc) is 2.82. The summed E-state index contributed by atoms with van der Waals surface area (Å²) in [5, 5.41) is 7.57. The summed E-state index contributed by atoms with van der Waals surface area (Å²) in [6.45, 7) is 2.53. The van der Waals surface area contributed by atoms with E-state index in [0.29, 0.717) is 17.3 Å². The number of nitrogens with one attached hydrogen (secondary N) is 1. The van der Waals surface area contributed by atoms with Crippen molar-refractivity contribution in [2.45, 2.75) is 26.3 Å². The topological polar surface area (TPSA) is 75.0 Å². The minimum absolute atomic E-state index is 0.193. The lowest BCUT2D eigenvalue weighted by Gasteiger charge is -2.16. The molecule has 0 aliphatic rings. The van der Waals surface area contributed by atoms with E-state index < -0.39 is 0 Å². The van der Waals surface area contributed by atoms with Gasteiger partial charge in [0.25, 0.3) is 5.91 Å². The Balaban J connectivity index is 2.10. The minimum atomic E-state index is -0.193. The quantitative estimate of drug-likeness (QED) is 0.892. The number of aromatic amines is 1. The van der Waals surface area contributed by atoms with Gasteiger partial charge in [0.15, 0.2) is 5.69 Å². The first-order valence-electron chi connectivity index (χ1n) is 6.85. The minimum Gasteiger partial charge on any atom is -0.395 e. The summed E-state index contributed by atoms with van der Waals surface area (Å²) >= 11 is 5.85. The summed E-state index contributed by atoms with van der Waals surface area (Å²) in [6.07, 6.45) is 1.73. The standard InChI is InChI=1S/C15H19ClN4O/c1-3-4-12-13(17)14(19-18-12)15(21)20(2)9-10-5-7-11(16)8-6-10/h5-8H,3-4,9,17H2,1-2H3,(H,18,19). The molecule has 3 N–H and O–H groups in total. The van der Waals surface area contributed by atoms with Gasteiger partial charge in [-0.2, -0.15) is 5.10 Å². The SMILES string of the molecule is CCCc1[nH]nc(C(=O)N(C)Cc2ccc(Cl)cc2)c1N. The largest absolute Gasteiger partial charge is 0.395 e. The molecule has 0 aliphatic carbocycles. The van der Waals surface area contributed by atoms with Crippen molar-refractivity contribution in [2.24, 2.45) is 0 Å². The highest BCUT2D eigenvalue weighted by atomic mass is 35.5. The molecule has 0 bridgehead atoms. The number of aromatic nitrogens is 2. The third-order valence-corrected chi connectivity index (χ3v) is 3.52. The smallest absolute Gasteiger partial charge is 0.276 e. The van der Waals surface area contributed by atoms with E-state index >= 15 is 0 Å². The number of nitrogens with zero attached hydrogens (tertiary/aromatic N) is 2. The Morgan fingerprint density at radius 1 is 1.38 bits per heavy atom. The zero-order chi connectivity index (χ0) is 15.4. The predicted molar refractivity (Wildman–Crippen MR) is 84.2 cm³/mol. The fourth-order valence-corrected chi connectivity index (χ4v) is 2.23. The van der Waals surface area contributed by atoms with Crippen LogP contribution in [-0.2, 0) is 13.0 Å². The molecule has 21 heavy (non-hydrogen) atoms. The first-order valence-corrected chi connectivity index (χ1v) is 7.23. The highest BCUT2D eigenvalue weighted by molar-refractivity contribution is 6.30. The lowest BCUT2D eigenvalue weighted by atomic mass is 10.2. The molecule has 0 spiro atoms. The van der Waals surface area contributed by atoms with Crippen LogP contribution in [0.3, 0.4) is 0 Å². The summed E-state index contributed by atoms with van der Waals surface area (Å²) in [5.74, 6) is -0.193. The van der Waals surface area contributed by atoms with Gasteiger partial charge in [-0.1, -0.05) is 37.1 Å². The van der Waals surface area contributed by atoms with E-state index in [1.165, 1.54) is 0 Å². The molecule has 5 nitrogen and oxygen atoms in total. The molecule has 0 saturated carbocycles. The first kappa shape index (κ1) is 15.4. The maximum absolute atomic E-state index is 12.4. The van der Waals surface area contributed by atoms with Crippen molar-refractivity contribution < 1.29 is 4.79 Å². The van der Waals surface area contributed by atoms with Gasteiger partial charge in [0.1, 0.15) is 0 Å². The Bertz CT molecular complexity index is 621. The van der Waals surface area contributed by atoms with Crippen molar-refractivity contribution in [3.8, 4) is 0 Å². The highest BCUT2D eigenvalue weighted by Crippen LogP contribution is 2.18. The Labute approximate surface area is 129 Å². The summed E-state index contributed by atoms with van der Waals surface area (Å²) in [5.41, 5.74) is 8.54. The number of nitrogen functional groups attached to an aromatic ring is 1. The van der Waals surface area contributed by atoms with E-state index in [-0.39, 0.29) is 11.6 Å². The van der Waals surface area contributed by atoms with Crippen LogP contribution in [-0.4, -0.2) is 28.1 Å². The molecule has 2 aromatic rings. The number of amides is 1. The second-order valence-corrected chi connectivity index (χ2v) is 5.44. The van der Waals surface area contributed by atoms with Crippen LogP contribution >= 0.6 is 11.6 Å². The van der Waals surface area contributed by atoms with E-state index in [1.807, 2.05) is 12.1 Å². The molecule has 6 heteroatoms. The number of H-pyrrole nitrogens is 1. The number of hydrogen-bond donors (Lipinski definition) is 2. The summed E-state index contributed by atoms with van der Waals surface area (Å²) in [7, 11) is 1.73. The second-order valence-electron chi connectivity index (χ2n) is 5.00. The molecule has 0 saturated heterocycles. The van der Waals surface area contributed by atoms with E-state index in [0.717, 1.165) is 24.1 Å². The number of aryl methyl sites for hydroxylation is 1. The van der Waals surface area contributed by atoms with E-state index in [1.54, 1.807) is 24.1 Å². The molecular formula is C15H19ClN4O. The van der Waals surface area contributed by atoms with Crippen molar-refractivity contribution in [1.29, 1.82) is 0 Å². The third kappa shape index (κ3) is 3.55. The van der Waals surface area contributed by atoms with Gasteiger partial charge < -0.3 is 10.6 Å². The summed E-state index contributed by atoms with van der Waals surface area (Å²) in [4.78, 5) is 14.0. The summed E-state index contributed by atoms with van der Waals surface area (Å²) in [6, 6.07) is 7.39. The van der Waals surface area contributed by atoms with E-state index in [4.69, 9.17) is 17.3 Å². The Hall–Kier alpha value is -2.01. The van der Waals surface area contributed by atoms with Crippen LogP contribution in [0.5, 0.6) is 0 Å². The molecule has 112 valence electrons. The zero-order valence-electron chi connectivity index (χ0n) is 12.2. The first-order chi connectivity index (χ1) is 10.0. The molecule has 2 rings (SSSR count). The van der Waals surface area contributed by atoms with Gasteiger partial charge in [-0.25, -0.2) is 0 Å². The van der Waals surface area contributed by atoms with Gasteiger partial charge in [-0.3, -0.25) is 9.89 Å². The van der Waals surface area contributed by atoms with Crippen LogP contribution in [0.1, 0.15) is 35.1 Å². The van der Waals surface area contributed by atoms with Crippen molar-refractivity contribution in [1.82, 2.24) is 15.1 Å². The third-order valence-electron chi connectivity index (χ3n) is 3.27. The van der Waals surface area contributed by atoms with Gasteiger partial charge in [0, 0.05) is 18.6 Å². The molecule has 0 fully saturated rings. The van der Waals surface area contributed by atoms with Crippen LogP contribution in [0.4, 0.5) is 5.69 Å². The van der Waals surface area contributed by atoms with Crippen LogP contribution in [0.15, 0.2) is 24.3 Å². The Kier molecular flexibility index (Phi) is 4.85. The van der Waals surface area contributed by atoms with Crippen LogP contribution in [0, 0.1) is 0 Å². The molecule has 0 unspecified atom stereocenters. The molecule has 1 amide bonds. The number of anilines is 1. The Morgan fingerprint density at radius 3 is 2.67 bits per heavy atom. The summed E-state index contributed by atoms with van der Waals surface area (Å²) < 4.78 is 0. The maximum Gasteiger partial charge on any atom is 0.276 e. The second kappa shape index (κ2) is 6.63. The lowest BCUT2D eigenvalue weighted by molar-refractivity contribution is 0.0780. The molecule has 0 radical (unpaired) electrons. The number of nitrogens with two attached hydrogens (primary N) is 1. The number of carbonyl (C=O) groups is 1. The number of hydrogen-bond acceptors (Lipinski definition) is 3. The van der Waals surface area contributed by atoms with E-state index in [2.05, 4.69) is 17.1 Å². The molecular weight excluding hydrogens is 288 g/mol. The van der Waals surface area contributed by atoms with Crippen molar-refractivity contribution in [3.63, 3.8) is 0 Å². The highest BCUT2D eigenvalue weighted by Gasteiger charge is 2.20. The van der Waals surface area contributed by atoms with Gasteiger partial charge in [-0.05, 0) is 24.1 Å². The lowest BCUT2D eigenvalue weighted by Crippen LogP contribution is -2.27. The molecule has 1 aromatic heterocycles. The number of halogens is 1.